The zero-order chi connectivity index (χ0) is 42.0. The number of hydrogen-bond donors (Lipinski definition) is 0. The molecule has 296 valence electrons. The van der Waals surface area contributed by atoms with Gasteiger partial charge in [0.05, 0.1) is 50.2 Å². The number of aromatic nitrogens is 6. The molecule has 0 unspecified atom stereocenters. The molecule has 0 saturated carbocycles. The Morgan fingerprint density at radius 3 is 1.78 bits per heavy atom. The average Bonchev–Trinajstić information content (AvgIpc) is 3.33. The number of pyridine rings is 6. The quantitative estimate of drug-likeness (QED) is 0.156. The Hall–Kier alpha value is -8.22. The van der Waals surface area contributed by atoms with Gasteiger partial charge >= 0.3 is 0 Å². The SMILES string of the molecule is Cc1ccc2ccc3ccc(-c4cc(Cc5cnc6c(c5)c(-c5nc7c(ccc8cccnc87)cc5C)cc5ccc(-c7ccccc7)nc56)cc(-c5ccccc5)c4)nc3c2n1. The van der Waals surface area contributed by atoms with Crippen molar-refractivity contribution in [3.63, 3.8) is 0 Å². The summed E-state index contributed by atoms with van der Waals surface area (Å²) in [5.74, 6) is 0. The highest BCUT2D eigenvalue weighted by Gasteiger charge is 2.18. The van der Waals surface area contributed by atoms with Crippen LogP contribution in [0, 0.1) is 13.8 Å². The van der Waals surface area contributed by atoms with Crippen molar-refractivity contribution in [2.75, 3.05) is 0 Å². The van der Waals surface area contributed by atoms with Crippen LogP contribution < -0.4 is 0 Å². The van der Waals surface area contributed by atoms with Crippen molar-refractivity contribution < 1.29 is 0 Å². The van der Waals surface area contributed by atoms with Crippen molar-refractivity contribution in [2.24, 2.45) is 0 Å². The van der Waals surface area contributed by atoms with E-state index in [1.165, 1.54) is 0 Å². The number of fused-ring (bicyclic) bond motifs is 9. The predicted octanol–water partition coefficient (Wildman–Crippen LogP) is 13.9. The number of nitrogens with zero attached hydrogens (tertiary/aromatic N) is 6. The van der Waals surface area contributed by atoms with Crippen molar-refractivity contribution in [3.05, 3.63) is 205 Å². The van der Waals surface area contributed by atoms with Gasteiger partial charge in [-0.1, -0.05) is 115 Å². The first-order valence-electron chi connectivity index (χ1n) is 21.3. The second-order valence-corrected chi connectivity index (χ2v) is 16.5. The monoisotopic (exact) mass is 806 g/mol. The Kier molecular flexibility index (Phi) is 8.57. The Labute approximate surface area is 363 Å². The summed E-state index contributed by atoms with van der Waals surface area (Å²) in [6, 6.07) is 59.8. The molecule has 63 heavy (non-hydrogen) atoms. The van der Waals surface area contributed by atoms with Crippen LogP contribution >= 0.6 is 0 Å². The maximum absolute atomic E-state index is 5.42. The summed E-state index contributed by atoms with van der Waals surface area (Å²) < 4.78 is 0. The van der Waals surface area contributed by atoms with E-state index in [1.54, 1.807) is 0 Å². The van der Waals surface area contributed by atoms with Crippen molar-refractivity contribution in [1.82, 2.24) is 29.9 Å². The third-order valence-corrected chi connectivity index (χ3v) is 12.2. The summed E-state index contributed by atoms with van der Waals surface area (Å²) >= 11 is 0. The lowest BCUT2D eigenvalue weighted by atomic mass is 9.93. The highest BCUT2D eigenvalue weighted by Crippen LogP contribution is 2.38. The van der Waals surface area contributed by atoms with Crippen LogP contribution in [0.2, 0.25) is 0 Å². The Balaban J connectivity index is 1.05. The van der Waals surface area contributed by atoms with Gasteiger partial charge in [-0.3, -0.25) is 15.0 Å². The highest BCUT2D eigenvalue weighted by molar-refractivity contribution is 6.12. The van der Waals surface area contributed by atoms with Gasteiger partial charge in [-0.25, -0.2) is 15.0 Å². The molecule has 0 N–H and O–H groups in total. The minimum atomic E-state index is 0.654. The van der Waals surface area contributed by atoms with Crippen molar-refractivity contribution in [3.8, 4) is 44.9 Å². The fourth-order valence-electron chi connectivity index (χ4n) is 9.13. The van der Waals surface area contributed by atoms with Gasteiger partial charge in [-0.15, -0.1) is 0 Å². The van der Waals surface area contributed by atoms with Gasteiger partial charge in [0.2, 0.25) is 0 Å². The summed E-state index contributed by atoms with van der Waals surface area (Å²) in [6.45, 7) is 4.17. The van der Waals surface area contributed by atoms with Crippen LogP contribution in [-0.4, -0.2) is 29.9 Å². The lowest BCUT2D eigenvalue weighted by molar-refractivity contribution is 1.17. The van der Waals surface area contributed by atoms with Gasteiger partial charge in [0.15, 0.2) is 0 Å². The highest BCUT2D eigenvalue weighted by atomic mass is 14.8. The zero-order valence-electron chi connectivity index (χ0n) is 34.7. The molecule has 0 aliphatic carbocycles. The van der Waals surface area contributed by atoms with E-state index in [0.29, 0.717) is 6.42 Å². The number of hydrogen-bond acceptors (Lipinski definition) is 6. The molecule has 0 radical (unpaired) electrons. The van der Waals surface area contributed by atoms with Crippen molar-refractivity contribution in [2.45, 2.75) is 20.3 Å². The van der Waals surface area contributed by atoms with E-state index in [-0.39, 0.29) is 0 Å². The van der Waals surface area contributed by atoms with Crippen molar-refractivity contribution in [1.29, 1.82) is 0 Å². The molecule has 0 amide bonds. The first kappa shape index (κ1) is 36.6. The Morgan fingerprint density at radius 2 is 0.984 bits per heavy atom. The summed E-state index contributed by atoms with van der Waals surface area (Å²) in [6.07, 6.45) is 4.51. The maximum Gasteiger partial charge on any atom is 0.0972 e. The van der Waals surface area contributed by atoms with E-state index < -0.39 is 0 Å². The molecule has 0 atom stereocenters. The second-order valence-electron chi connectivity index (χ2n) is 16.5. The molecule has 12 aromatic rings. The van der Waals surface area contributed by atoms with Gasteiger partial charge in [0.25, 0.3) is 0 Å². The average molecular weight is 807 g/mol. The lowest BCUT2D eigenvalue weighted by Crippen LogP contribution is -1.98. The molecule has 0 bridgehead atoms. The van der Waals surface area contributed by atoms with Gasteiger partial charge in [0.1, 0.15) is 0 Å². The fraction of sp³-hybridized carbons (Fsp3) is 0.0526. The number of rotatable bonds is 6. The second kappa shape index (κ2) is 14.8. The molecule has 6 aromatic carbocycles. The normalized spacial score (nSPS) is 11.7. The zero-order valence-corrected chi connectivity index (χ0v) is 34.7. The molecule has 6 heterocycles. The van der Waals surface area contributed by atoms with Gasteiger partial charge in [-0.2, -0.15) is 0 Å². The Morgan fingerprint density at radius 1 is 0.381 bits per heavy atom. The van der Waals surface area contributed by atoms with E-state index in [4.69, 9.17) is 29.9 Å². The summed E-state index contributed by atoms with van der Waals surface area (Å²) in [5.41, 5.74) is 17.7. The lowest BCUT2D eigenvalue weighted by Gasteiger charge is -2.15. The molecular formula is C57H38N6. The summed E-state index contributed by atoms with van der Waals surface area (Å²) in [4.78, 5) is 31.0. The molecule has 0 aliphatic heterocycles. The minimum absolute atomic E-state index is 0.654. The number of benzene rings is 6. The van der Waals surface area contributed by atoms with Gasteiger partial charge in [-0.05, 0) is 103 Å². The van der Waals surface area contributed by atoms with Crippen LogP contribution in [0.25, 0.3) is 110 Å². The van der Waals surface area contributed by atoms with E-state index in [0.717, 1.165) is 133 Å². The first-order chi connectivity index (χ1) is 31.0. The van der Waals surface area contributed by atoms with Crippen LogP contribution in [0.15, 0.2) is 182 Å². The van der Waals surface area contributed by atoms with Crippen molar-refractivity contribution >= 4 is 65.4 Å². The predicted molar refractivity (Wildman–Crippen MR) is 259 cm³/mol. The molecule has 0 fully saturated rings. The summed E-state index contributed by atoms with van der Waals surface area (Å²) in [7, 11) is 0. The van der Waals surface area contributed by atoms with Crippen LogP contribution in [0.4, 0.5) is 0 Å². The van der Waals surface area contributed by atoms with Gasteiger partial charge < -0.3 is 0 Å². The molecule has 6 heteroatoms. The standard InChI is InChI=1S/C57H38N6/c1-34-26-43-20-19-40-14-9-25-58-52(40)55(43)63-51(34)48-32-44-22-24-49(39-12-7-4-8-13-39)61-56(44)57-47(48)30-37(33-59-57)27-36-28-45(38-10-5-3-6-11-38)31-46(29-36)50-23-21-42-18-17-41-16-15-35(2)60-53(41)54(42)62-50/h3-26,28-33H,27H2,1-2H3. The summed E-state index contributed by atoms with van der Waals surface area (Å²) in [5, 5.41) is 6.30. The van der Waals surface area contributed by atoms with Crippen LogP contribution in [0.5, 0.6) is 0 Å². The molecular weight excluding hydrogens is 769 g/mol. The third kappa shape index (κ3) is 6.51. The third-order valence-electron chi connectivity index (χ3n) is 12.2. The Bertz CT molecular complexity index is 3790. The molecule has 0 saturated heterocycles. The van der Waals surface area contributed by atoms with Crippen LogP contribution in [-0.2, 0) is 6.42 Å². The maximum atomic E-state index is 5.42. The molecule has 12 rings (SSSR count). The first-order valence-corrected chi connectivity index (χ1v) is 21.3. The van der Waals surface area contributed by atoms with E-state index in [9.17, 15) is 0 Å². The number of aryl methyl sites for hydroxylation is 2. The fourth-order valence-corrected chi connectivity index (χ4v) is 9.13. The van der Waals surface area contributed by atoms with E-state index >= 15 is 0 Å². The molecule has 6 nitrogen and oxygen atoms in total. The van der Waals surface area contributed by atoms with E-state index in [2.05, 4.69) is 153 Å². The topological polar surface area (TPSA) is 77.3 Å². The van der Waals surface area contributed by atoms with E-state index in [1.807, 2.05) is 43.6 Å². The molecule has 0 aliphatic rings. The minimum Gasteiger partial charge on any atom is -0.254 e. The van der Waals surface area contributed by atoms with Gasteiger partial charge in [0, 0.05) is 67.1 Å². The molecule has 6 aromatic heterocycles. The van der Waals surface area contributed by atoms with Crippen LogP contribution in [0.1, 0.15) is 22.4 Å². The largest absolute Gasteiger partial charge is 0.254 e. The molecule has 0 spiro atoms. The van der Waals surface area contributed by atoms with Crippen LogP contribution in [0.3, 0.4) is 0 Å². The smallest absolute Gasteiger partial charge is 0.0972 e.